The minimum absolute atomic E-state index is 0.169. The Morgan fingerprint density at radius 3 is 2.72 bits per heavy atom. The SMILES string of the molecule is COC(=O)C1(COc2ccc(Br)cn2)CCCC1. The summed E-state index contributed by atoms with van der Waals surface area (Å²) in [4.78, 5) is 16.0. The molecule has 5 heteroatoms. The molecule has 0 radical (unpaired) electrons. The number of pyridine rings is 1. The Hall–Kier alpha value is -1.10. The molecular weight excluding hydrogens is 298 g/mol. The van der Waals surface area contributed by atoms with Gasteiger partial charge in [0.1, 0.15) is 12.0 Å². The second-order valence-corrected chi connectivity index (χ2v) is 5.50. The summed E-state index contributed by atoms with van der Waals surface area (Å²) in [6.07, 6.45) is 5.43. The van der Waals surface area contributed by atoms with E-state index in [1.54, 1.807) is 12.3 Å². The fraction of sp³-hybridized carbons (Fsp3) is 0.538. The summed E-state index contributed by atoms with van der Waals surface area (Å²) in [5, 5.41) is 0. The number of halogens is 1. The van der Waals surface area contributed by atoms with Crippen LogP contribution < -0.4 is 4.74 Å². The third-order valence-electron chi connectivity index (χ3n) is 3.38. The molecule has 1 aromatic rings. The number of carbonyl (C=O) groups excluding carboxylic acids is 1. The topological polar surface area (TPSA) is 48.4 Å². The fourth-order valence-electron chi connectivity index (χ4n) is 2.34. The minimum atomic E-state index is -0.483. The second-order valence-electron chi connectivity index (χ2n) is 4.58. The Bertz CT molecular complexity index is 413. The quantitative estimate of drug-likeness (QED) is 0.802. The molecule has 18 heavy (non-hydrogen) atoms. The highest BCUT2D eigenvalue weighted by Gasteiger charge is 2.43. The van der Waals surface area contributed by atoms with E-state index in [2.05, 4.69) is 20.9 Å². The van der Waals surface area contributed by atoms with Crippen molar-refractivity contribution in [3.63, 3.8) is 0 Å². The van der Waals surface area contributed by atoms with Crippen molar-refractivity contribution in [1.29, 1.82) is 0 Å². The molecule has 2 rings (SSSR count). The van der Waals surface area contributed by atoms with E-state index < -0.39 is 5.41 Å². The predicted molar refractivity (Wildman–Crippen MR) is 70.3 cm³/mol. The average Bonchev–Trinajstić information content (AvgIpc) is 2.87. The van der Waals surface area contributed by atoms with Crippen molar-refractivity contribution in [3.05, 3.63) is 22.8 Å². The number of hydrogen-bond acceptors (Lipinski definition) is 4. The van der Waals surface area contributed by atoms with Crippen molar-refractivity contribution in [2.45, 2.75) is 25.7 Å². The molecule has 1 aromatic heterocycles. The van der Waals surface area contributed by atoms with Crippen molar-refractivity contribution >= 4 is 21.9 Å². The normalized spacial score (nSPS) is 17.4. The Morgan fingerprint density at radius 1 is 1.44 bits per heavy atom. The molecule has 1 heterocycles. The van der Waals surface area contributed by atoms with Gasteiger partial charge in [-0.2, -0.15) is 0 Å². The zero-order valence-corrected chi connectivity index (χ0v) is 11.9. The number of rotatable bonds is 4. The van der Waals surface area contributed by atoms with Crippen molar-refractivity contribution in [1.82, 2.24) is 4.98 Å². The van der Waals surface area contributed by atoms with E-state index in [-0.39, 0.29) is 5.97 Å². The lowest BCUT2D eigenvalue weighted by Gasteiger charge is -2.25. The average molecular weight is 314 g/mol. The first-order valence-corrected chi connectivity index (χ1v) is 6.78. The molecule has 4 nitrogen and oxygen atoms in total. The monoisotopic (exact) mass is 313 g/mol. The number of esters is 1. The number of nitrogens with zero attached hydrogens (tertiary/aromatic N) is 1. The fourth-order valence-corrected chi connectivity index (χ4v) is 2.57. The van der Waals surface area contributed by atoms with Crippen molar-refractivity contribution in [2.24, 2.45) is 5.41 Å². The van der Waals surface area contributed by atoms with E-state index >= 15 is 0 Å². The van der Waals surface area contributed by atoms with Gasteiger partial charge in [0.2, 0.25) is 5.88 Å². The lowest BCUT2D eigenvalue weighted by atomic mass is 9.87. The Balaban J connectivity index is 2.02. The first-order valence-electron chi connectivity index (χ1n) is 5.99. The number of carbonyl (C=O) groups is 1. The van der Waals surface area contributed by atoms with Crippen LogP contribution in [0, 0.1) is 5.41 Å². The van der Waals surface area contributed by atoms with Gasteiger partial charge in [-0.1, -0.05) is 12.8 Å². The van der Waals surface area contributed by atoms with E-state index in [1.165, 1.54) is 7.11 Å². The maximum atomic E-state index is 11.9. The molecule has 98 valence electrons. The Morgan fingerprint density at radius 2 is 2.17 bits per heavy atom. The van der Waals surface area contributed by atoms with Gasteiger partial charge in [-0.05, 0) is 34.8 Å². The van der Waals surface area contributed by atoms with Gasteiger partial charge in [0.15, 0.2) is 0 Å². The molecule has 0 saturated heterocycles. The zero-order chi connectivity index (χ0) is 13.0. The van der Waals surface area contributed by atoms with Gasteiger partial charge in [-0.25, -0.2) is 4.98 Å². The van der Waals surface area contributed by atoms with E-state index in [0.717, 1.165) is 30.2 Å². The van der Waals surface area contributed by atoms with Gasteiger partial charge in [0, 0.05) is 16.7 Å². The van der Waals surface area contributed by atoms with Gasteiger partial charge < -0.3 is 9.47 Å². The summed E-state index contributed by atoms with van der Waals surface area (Å²) in [5.74, 6) is 0.366. The molecule has 0 bridgehead atoms. The van der Waals surface area contributed by atoms with Crippen LogP contribution in [0.4, 0.5) is 0 Å². The standard InChI is InChI=1S/C13H16BrNO3/c1-17-12(16)13(6-2-3-7-13)9-18-11-5-4-10(14)8-15-11/h4-5,8H,2-3,6-7,9H2,1H3. The second kappa shape index (κ2) is 5.69. The van der Waals surface area contributed by atoms with Crippen LogP contribution in [-0.2, 0) is 9.53 Å². The zero-order valence-electron chi connectivity index (χ0n) is 10.3. The molecule has 1 fully saturated rings. The number of ether oxygens (including phenoxy) is 2. The molecule has 1 aliphatic rings. The predicted octanol–water partition coefficient (Wildman–Crippen LogP) is 2.96. The van der Waals surface area contributed by atoms with E-state index in [1.807, 2.05) is 6.07 Å². The van der Waals surface area contributed by atoms with Gasteiger partial charge in [-0.3, -0.25) is 4.79 Å². The molecule has 1 aliphatic carbocycles. The Kier molecular flexibility index (Phi) is 4.22. The van der Waals surface area contributed by atoms with Gasteiger partial charge in [-0.15, -0.1) is 0 Å². The lowest BCUT2D eigenvalue weighted by molar-refractivity contribution is -0.154. The summed E-state index contributed by atoms with van der Waals surface area (Å²) in [6, 6.07) is 3.64. The van der Waals surface area contributed by atoms with Gasteiger partial charge >= 0.3 is 5.97 Å². The van der Waals surface area contributed by atoms with Gasteiger partial charge in [0.05, 0.1) is 7.11 Å². The Labute approximate surface area is 115 Å². The smallest absolute Gasteiger partial charge is 0.315 e. The third kappa shape index (κ3) is 2.83. The third-order valence-corrected chi connectivity index (χ3v) is 3.84. The molecule has 0 N–H and O–H groups in total. The molecule has 0 aromatic carbocycles. The van der Waals surface area contributed by atoms with Crippen LogP contribution in [0.15, 0.2) is 22.8 Å². The summed E-state index contributed by atoms with van der Waals surface area (Å²) >= 11 is 3.32. The molecular formula is C13H16BrNO3. The minimum Gasteiger partial charge on any atom is -0.476 e. The summed E-state index contributed by atoms with van der Waals surface area (Å²) in [6.45, 7) is 0.342. The van der Waals surface area contributed by atoms with E-state index in [0.29, 0.717) is 12.5 Å². The molecule has 0 aliphatic heterocycles. The van der Waals surface area contributed by atoms with Crippen LogP contribution >= 0.6 is 15.9 Å². The van der Waals surface area contributed by atoms with Crippen LogP contribution in [0.25, 0.3) is 0 Å². The van der Waals surface area contributed by atoms with Crippen LogP contribution in [-0.4, -0.2) is 24.7 Å². The highest BCUT2D eigenvalue weighted by molar-refractivity contribution is 9.10. The summed E-state index contributed by atoms with van der Waals surface area (Å²) < 4.78 is 11.4. The first-order chi connectivity index (χ1) is 8.66. The molecule has 1 saturated carbocycles. The number of methoxy groups -OCH3 is 1. The van der Waals surface area contributed by atoms with Crippen molar-refractivity contribution in [3.8, 4) is 5.88 Å². The van der Waals surface area contributed by atoms with Crippen LogP contribution in [0.2, 0.25) is 0 Å². The molecule has 0 unspecified atom stereocenters. The summed E-state index contributed by atoms with van der Waals surface area (Å²) in [5.41, 5.74) is -0.483. The maximum absolute atomic E-state index is 11.9. The van der Waals surface area contributed by atoms with Crippen molar-refractivity contribution < 1.29 is 14.3 Å². The lowest BCUT2D eigenvalue weighted by Crippen LogP contribution is -2.35. The highest BCUT2D eigenvalue weighted by atomic mass is 79.9. The molecule has 0 spiro atoms. The first kappa shape index (κ1) is 13.3. The van der Waals surface area contributed by atoms with Crippen LogP contribution in [0.3, 0.4) is 0 Å². The van der Waals surface area contributed by atoms with E-state index in [9.17, 15) is 4.79 Å². The van der Waals surface area contributed by atoms with Crippen LogP contribution in [0.1, 0.15) is 25.7 Å². The number of aromatic nitrogens is 1. The molecule has 0 atom stereocenters. The molecule has 0 amide bonds. The maximum Gasteiger partial charge on any atom is 0.315 e. The van der Waals surface area contributed by atoms with Crippen molar-refractivity contribution in [2.75, 3.05) is 13.7 Å². The number of hydrogen-bond donors (Lipinski definition) is 0. The largest absolute Gasteiger partial charge is 0.476 e. The van der Waals surface area contributed by atoms with E-state index in [4.69, 9.17) is 9.47 Å². The van der Waals surface area contributed by atoms with Crippen LogP contribution in [0.5, 0.6) is 5.88 Å². The highest BCUT2D eigenvalue weighted by Crippen LogP contribution is 2.39. The van der Waals surface area contributed by atoms with Gasteiger partial charge in [0.25, 0.3) is 0 Å². The summed E-state index contributed by atoms with van der Waals surface area (Å²) in [7, 11) is 1.43.